The van der Waals surface area contributed by atoms with Crippen molar-refractivity contribution < 1.29 is 4.74 Å². The molecule has 1 aliphatic carbocycles. The van der Waals surface area contributed by atoms with Crippen molar-refractivity contribution in [2.45, 2.75) is 38.7 Å². The minimum Gasteiger partial charge on any atom is -0.378 e. The van der Waals surface area contributed by atoms with E-state index < -0.39 is 0 Å². The Morgan fingerprint density at radius 2 is 2.31 bits per heavy atom. The summed E-state index contributed by atoms with van der Waals surface area (Å²) in [6.45, 7) is 5.65. The van der Waals surface area contributed by atoms with Crippen LogP contribution in [0.1, 0.15) is 32.6 Å². The minimum atomic E-state index is 0.618. The molecule has 13 heavy (non-hydrogen) atoms. The molecule has 2 rings (SSSR count). The third-order valence-electron chi connectivity index (χ3n) is 3.47. The number of hydrogen-bond acceptors (Lipinski definition) is 2. The maximum Gasteiger partial charge on any atom is 0.0579 e. The normalized spacial score (nSPS) is 38.1. The molecule has 3 atom stereocenters. The molecule has 0 spiro atoms. The van der Waals surface area contributed by atoms with E-state index in [2.05, 4.69) is 12.2 Å². The molecule has 0 aromatic rings. The van der Waals surface area contributed by atoms with E-state index in [4.69, 9.17) is 4.74 Å². The van der Waals surface area contributed by atoms with Crippen LogP contribution in [0.4, 0.5) is 0 Å². The lowest BCUT2D eigenvalue weighted by Gasteiger charge is -2.26. The number of hydrogen-bond donors (Lipinski definition) is 1. The van der Waals surface area contributed by atoms with Crippen LogP contribution >= 0.6 is 0 Å². The first-order valence-corrected chi connectivity index (χ1v) is 5.72. The summed E-state index contributed by atoms with van der Waals surface area (Å²) in [4.78, 5) is 0. The predicted molar refractivity (Wildman–Crippen MR) is 53.7 cm³/mol. The van der Waals surface area contributed by atoms with Crippen LogP contribution in [0.3, 0.4) is 0 Å². The van der Waals surface area contributed by atoms with Crippen molar-refractivity contribution in [3.63, 3.8) is 0 Å². The smallest absolute Gasteiger partial charge is 0.0579 e. The van der Waals surface area contributed by atoms with Crippen molar-refractivity contribution in [1.82, 2.24) is 5.32 Å². The zero-order chi connectivity index (χ0) is 9.10. The Kier molecular flexibility index (Phi) is 3.23. The maximum absolute atomic E-state index is 5.69. The second-order valence-corrected chi connectivity index (χ2v) is 4.49. The Balaban J connectivity index is 1.73. The Morgan fingerprint density at radius 1 is 1.38 bits per heavy atom. The first-order valence-electron chi connectivity index (χ1n) is 5.72. The molecule has 76 valence electrons. The Bertz CT molecular complexity index is 160. The van der Waals surface area contributed by atoms with E-state index >= 15 is 0 Å². The number of nitrogens with one attached hydrogen (secondary N) is 1. The Morgan fingerprint density at radius 3 is 3.15 bits per heavy atom. The molecule has 0 radical (unpaired) electrons. The molecule has 1 saturated heterocycles. The predicted octanol–water partition coefficient (Wildman–Crippen LogP) is 1.80. The van der Waals surface area contributed by atoms with Gasteiger partial charge in [-0.2, -0.15) is 0 Å². The van der Waals surface area contributed by atoms with Gasteiger partial charge in [-0.05, 0) is 50.6 Å². The van der Waals surface area contributed by atoms with Crippen molar-refractivity contribution >= 4 is 0 Å². The van der Waals surface area contributed by atoms with Crippen molar-refractivity contribution in [3.05, 3.63) is 0 Å². The van der Waals surface area contributed by atoms with Gasteiger partial charge < -0.3 is 10.1 Å². The molecule has 2 nitrogen and oxygen atoms in total. The third kappa shape index (κ3) is 2.23. The highest BCUT2D eigenvalue weighted by atomic mass is 16.5. The van der Waals surface area contributed by atoms with E-state index in [1.807, 2.05) is 0 Å². The van der Waals surface area contributed by atoms with E-state index in [1.54, 1.807) is 0 Å². The fourth-order valence-corrected chi connectivity index (χ4v) is 2.63. The van der Waals surface area contributed by atoms with E-state index in [-0.39, 0.29) is 0 Å². The summed E-state index contributed by atoms with van der Waals surface area (Å²) in [5, 5.41) is 3.53. The van der Waals surface area contributed by atoms with E-state index in [9.17, 15) is 0 Å². The summed E-state index contributed by atoms with van der Waals surface area (Å²) in [7, 11) is 0. The molecule has 0 amide bonds. The topological polar surface area (TPSA) is 21.3 Å². The fraction of sp³-hybridized carbons (Fsp3) is 1.00. The van der Waals surface area contributed by atoms with Gasteiger partial charge in [0.1, 0.15) is 0 Å². The zero-order valence-corrected chi connectivity index (χ0v) is 8.59. The molecular weight excluding hydrogens is 162 g/mol. The van der Waals surface area contributed by atoms with Gasteiger partial charge in [0, 0.05) is 0 Å². The van der Waals surface area contributed by atoms with Crippen molar-refractivity contribution in [1.29, 1.82) is 0 Å². The lowest BCUT2D eigenvalue weighted by molar-refractivity contribution is 0.107. The summed E-state index contributed by atoms with van der Waals surface area (Å²) in [5.74, 6) is 1.76. The highest BCUT2D eigenvalue weighted by Gasteiger charge is 2.36. The van der Waals surface area contributed by atoms with Crippen LogP contribution in [0.5, 0.6) is 0 Å². The van der Waals surface area contributed by atoms with E-state index in [0.29, 0.717) is 6.10 Å². The molecule has 1 heterocycles. The summed E-state index contributed by atoms with van der Waals surface area (Å²) in [6, 6.07) is 0. The number of ether oxygens (including phenoxy) is 1. The molecule has 1 N–H and O–H groups in total. The summed E-state index contributed by atoms with van der Waals surface area (Å²) in [6.07, 6.45) is 5.88. The monoisotopic (exact) mass is 183 g/mol. The molecule has 2 bridgehead atoms. The molecule has 3 unspecified atom stereocenters. The molecular formula is C11H21NO. The van der Waals surface area contributed by atoms with Crippen molar-refractivity contribution in [2.75, 3.05) is 19.7 Å². The average molecular weight is 183 g/mol. The Hall–Kier alpha value is -0.0800. The molecule has 1 saturated carbocycles. The average Bonchev–Trinajstić information content (AvgIpc) is 2.53. The van der Waals surface area contributed by atoms with Gasteiger partial charge in [0.25, 0.3) is 0 Å². The van der Waals surface area contributed by atoms with Crippen molar-refractivity contribution in [3.8, 4) is 0 Å². The maximum atomic E-state index is 5.69. The molecule has 0 aromatic heterocycles. The second kappa shape index (κ2) is 4.43. The number of fused-ring (bicyclic) bond motifs is 2. The SMILES string of the molecule is CCCNCC1CCC2CC1CO2. The third-order valence-corrected chi connectivity index (χ3v) is 3.47. The van der Waals surface area contributed by atoms with Gasteiger partial charge in [0.2, 0.25) is 0 Å². The van der Waals surface area contributed by atoms with Crippen LogP contribution in [-0.4, -0.2) is 25.8 Å². The quantitative estimate of drug-likeness (QED) is 0.671. The highest BCUT2D eigenvalue weighted by Crippen LogP contribution is 2.37. The van der Waals surface area contributed by atoms with Crippen LogP contribution in [0.15, 0.2) is 0 Å². The molecule has 0 aromatic carbocycles. The van der Waals surface area contributed by atoms with Crippen molar-refractivity contribution in [2.24, 2.45) is 11.8 Å². The fourth-order valence-electron chi connectivity index (χ4n) is 2.63. The van der Waals surface area contributed by atoms with Gasteiger partial charge in [-0.15, -0.1) is 0 Å². The van der Waals surface area contributed by atoms with Crippen LogP contribution in [-0.2, 0) is 4.74 Å². The lowest BCUT2D eigenvalue weighted by Crippen LogP contribution is -2.31. The standard InChI is InChI=1S/C11H21NO/c1-2-5-12-7-9-3-4-11-6-10(9)8-13-11/h9-12H,2-8H2,1H3. The largest absolute Gasteiger partial charge is 0.378 e. The first kappa shape index (κ1) is 9.47. The van der Waals surface area contributed by atoms with Crippen LogP contribution in [0, 0.1) is 11.8 Å². The molecule has 2 heteroatoms. The van der Waals surface area contributed by atoms with Crippen LogP contribution < -0.4 is 5.32 Å². The summed E-state index contributed by atoms with van der Waals surface area (Å²) in [5.41, 5.74) is 0. The van der Waals surface area contributed by atoms with Crippen LogP contribution in [0.25, 0.3) is 0 Å². The van der Waals surface area contributed by atoms with Crippen LogP contribution in [0.2, 0.25) is 0 Å². The van der Waals surface area contributed by atoms with E-state index in [1.165, 1.54) is 38.8 Å². The van der Waals surface area contributed by atoms with Gasteiger partial charge in [-0.25, -0.2) is 0 Å². The second-order valence-electron chi connectivity index (χ2n) is 4.49. The van der Waals surface area contributed by atoms with Gasteiger partial charge >= 0.3 is 0 Å². The minimum absolute atomic E-state index is 0.618. The lowest BCUT2D eigenvalue weighted by atomic mass is 9.80. The first-order chi connectivity index (χ1) is 6.40. The summed E-state index contributed by atoms with van der Waals surface area (Å²) < 4.78 is 5.69. The van der Waals surface area contributed by atoms with Gasteiger partial charge in [-0.1, -0.05) is 6.92 Å². The van der Waals surface area contributed by atoms with Gasteiger partial charge in [0.05, 0.1) is 12.7 Å². The molecule has 2 aliphatic rings. The zero-order valence-electron chi connectivity index (χ0n) is 8.59. The Labute approximate surface area is 81.0 Å². The molecule has 2 fully saturated rings. The highest BCUT2D eigenvalue weighted by molar-refractivity contribution is 4.86. The van der Waals surface area contributed by atoms with E-state index in [0.717, 1.165) is 18.4 Å². The number of rotatable bonds is 4. The molecule has 1 aliphatic heterocycles. The van der Waals surface area contributed by atoms with Gasteiger partial charge in [0.15, 0.2) is 0 Å². The summed E-state index contributed by atoms with van der Waals surface area (Å²) >= 11 is 0. The van der Waals surface area contributed by atoms with Gasteiger partial charge in [-0.3, -0.25) is 0 Å².